The standard InChI is InChI=1S/C19H25NOS.ClH/c1-20(10-8-15-9-11-22-14-15)13-17-5-3-4-16-12-18(21-2)6-7-19(16)17;/h6-7,9,11-12,14,17H,3-5,8,10,13H2,1-2H3;1H. The van der Waals surface area contributed by atoms with Crippen molar-refractivity contribution in [1.29, 1.82) is 0 Å². The number of methoxy groups -OCH3 is 1. The van der Waals surface area contributed by atoms with Gasteiger partial charge < -0.3 is 9.64 Å². The third kappa shape index (κ3) is 4.72. The van der Waals surface area contributed by atoms with Crippen LogP contribution in [-0.2, 0) is 12.8 Å². The maximum Gasteiger partial charge on any atom is 0.119 e. The number of aryl methyl sites for hydroxylation is 1. The van der Waals surface area contributed by atoms with Gasteiger partial charge in [-0.05, 0) is 84.3 Å². The van der Waals surface area contributed by atoms with Gasteiger partial charge in [-0.15, -0.1) is 12.4 Å². The van der Waals surface area contributed by atoms with Crippen LogP contribution in [0.25, 0.3) is 0 Å². The van der Waals surface area contributed by atoms with Crippen LogP contribution in [0.5, 0.6) is 5.75 Å². The molecule has 0 fully saturated rings. The zero-order valence-electron chi connectivity index (χ0n) is 14.0. The minimum absolute atomic E-state index is 0. The van der Waals surface area contributed by atoms with Gasteiger partial charge in [0.25, 0.3) is 0 Å². The van der Waals surface area contributed by atoms with Gasteiger partial charge in [-0.25, -0.2) is 0 Å². The third-order valence-electron chi connectivity index (χ3n) is 4.68. The van der Waals surface area contributed by atoms with Gasteiger partial charge in [-0.1, -0.05) is 6.07 Å². The van der Waals surface area contributed by atoms with Gasteiger partial charge in [-0.2, -0.15) is 11.3 Å². The number of hydrogen-bond donors (Lipinski definition) is 0. The highest BCUT2D eigenvalue weighted by Gasteiger charge is 2.21. The topological polar surface area (TPSA) is 12.5 Å². The molecule has 0 saturated carbocycles. The van der Waals surface area contributed by atoms with E-state index >= 15 is 0 Å². The van der Waals surface area contributed by atoms with Crippen LogP contribution in [0.15, 0.2) is 35.0 Å². The Balaban J connectivity index is 0.00000192. The number of nitrogens with zero attached hydrogens (tertiary/aromatic N) is 1. The van der Waals surface area contributed by atoms with E-state index in [0.29, 0.717) is 5.92 Å². The van der Waals surface area contributed by atoms with Crippen molar-refractivity contribution < 1.29 is 4.74 Å². The fourth-order valence-corrected chi connectivity index (χ4v) is 4.13. The summed E-state index contributed by atoms with van der Waals surface area (Å²) in [6.45, 7) is 2.29. The average Bonchev–Trinajstić information content (AvgIpc) is 3.06. The van der Waals surface area contributed by atoms with E-state index in [-0.39, 0.29) is 12.4 Å². The van der Waals surface area contributed by atoms with E-state index in [4.69, 9.17) is 4.74 Å². The Morgan fingerprint density at radius 1 is 1.30 bits per heavy atom. The first kappa shape index (κ1) is 18.3. The molecular formula is C19H26ClNOS. The summed E-state index contributed by atoms with van der Waals surface area (Å²) in [5.74, 6) is 1.66. The Labute approximate surface area is 149 Å². The lowest BCUT2D eigenvalue weighted by atomic mass is 9.82. The lowest BCUT2D eigenvalue weighted by molar-refractivity contribution is 0.301. The van der Waals surface area contributed by atoms with Crippen LogP contribution in [-0.4, -0.2) is 32.1 Å². The number of fused-ring (bicyclic) bond motifs is 1. The number of ether oxygens (including phenoxy) is 1. The summed E-state index contributed by atoms with van der Waals surface area (Å²) in [4.78, 5) is 2.49. The SMILES string of the molecule is COc1ccc2c(c1)CCCC2CN(C)CCc1ccsc1.Cl. The summed E-state index contributed by atoms with van der Waals surface area (Å²) in [5, 5.41) is 4.43. The first-order valence-electron chi connectivity index (χ1n) is 8.12. The molecule has 4 heteroatoms. The lowest BCUT2D eigenvalue weighted by Crippen LogP contribution is -2.28. The van der Waals surface area contributed by atoms with Crippen LogP contribution >= 0.6 is 23.7 Å². The van der Waals surface area contributed by atoms with Crippen LogP contribution in [0.4, 0.5) is 0 Å². The van der Waals surface area contributed by atoms with Gasteiger partial charge in [0.15, 0.2) is 0 Å². The highest BCUT2D eigenvalue weighted by molar-refractivity contribution is 7.07. The van der Waals surface area contributed by atoms with E-state index in [9.17, 15) is 0 Å². The fraction of sp³-hybridized carbons (Fsp3) is 0.474. The number of thiophene rings is 1. The Morgan fingerprint density at radius 2 is 2.17 bits per heavy atom. The molecule has 1 atom stereocenters. The molecule has 2 nitrogen and oxygen atoms in total. The van der Waals surface area contributed by atoms with E-state index in [1.54, 1.807) is 18.4 Å². The van der Waals surface area contributed by atoms with Gasteiger partial charge in [-0.3, -0.25) is 0 Å². The number of hydrogen-bond acceptors (Lipinski definition) is 3. The van der Waals surface area contributed by atoms with Crippen LogP contribution in [0.3, 0.4) is 0 Å². The number of halogens is 1. The fourth-order valence-electron chi connectivity index (χ4n) is 3.43. The first-order chi connectivity index (χ1) is 10.8. The van der Waals surface area contributed by atoms with Crippen LogP contribution in [0, 0.1) is 0 Å². The van der Waals surface area contributed by atoms with Crippen molar-refractivity contribution in [2.45, 2.75) is 31.6 Å². The van der Waals surface area contributed by atoms with Gasteiger partial charge in [0.05, 0.1) is 7.11 Å². The molecule has 3 rings (SSSR count). The van der Waals surface area contributed by atoms with Crippen molar-refractivity contribution >= 4 is 23.7 Å². The smallest absolute Gasteiger partial charge is 0.119 e. The van der Waals surface area contributed by atoms with Crippen LogP contribution < -0.4 is 4.74 Å². The maximum absolute atomic E-state index is 5.37. The van der Waals surface area contributed by atoms with Gasteiger partial charge in [0, 0.05) is 13.1 Å². The zero-order chi connectivity index (χ0) is 15.4. The predicted molar refractivity (Wildman–Crippen MR) is 101 cm³/mol. The molecular weight excluding hydrogens is 326 g/mol. The largest absolute Gasteiger partial charge is 0.497 e. The van der Waals surface area contributed by atoms with E-state index in [1.165, 1.54) is 36.0 Å². The second kappa shape index (κ2) is 8.72. The minimum Gasteiger partial charge on any atom is -0.497 e. The van der Waals surface area contributed by atoms with Gasteiger partial charge in [0.1, 0.15) is 5.75 Å². The average molecular weight is 352 g/mol. The summed E-state index contributed by atoms with van der Waals surface area (Å²) in [7, 11) is 4.00. The van der Waals surface area contributed by atoms with Crippen molar-refractivity contribution in [3.8, 4) is 5.75 Å². The molecule has 23 heavy (non-hydrogen) atoms. The summed E-state index contributed by atoms with van der Waals surface area (Å²) in [6.07, 6.45) is 4.95. The molecule has 2 aromatic rings. The minimum atomic E-state index is 0. The number of benzene rings is 1. The van der Waals surface area contributed by atoms with Crippen LogP contribution in [0.1, 0.15) is 35.4 Å². The Bertz CT molecular complexity index is 599. The summed E-state index contributed by atoms with van der Waals surface area (Å²) in [6, 6.07) is 8.86. The van der Waals surface area contributed by atoms with Crippen molar-refractivity contribution in [3.05, 3.63) is 51.7 Å². The molecule has 0 bridgehead atoms. The number of likely N-dealkylation sites (N-methyl/N-ethyl adjacent to an activating group) is 1. The Hall–Kier alpha value is -1.03. The summed E-state index contributed by atoms with van der Waals surface area (Å²) < 4.78 is 5.37. The Kier molecular flexibility index (Phi) is 6.94. The molecule has 0 aliphatic heterocycles. The van der Waals surface area contributed by atoms with Gasteiger partial charge >= 0.3 is 0 Å². The summed E-state index contributed by atoms with van der Waals surface area (Å²) in [5.41, 5.74) is 4.49. The molecule has 0 N–H and O–H groups in total. The van der Waals surface area contributed by atoms with Crippen molar-refractivity contribution in [3.63, 3.8) is 0 Å². The summed E-state index contributed by atoms with van der Waals surface area (Å²) >= 11 is 1.79. The normalized spacial score (nSPS) is 16.7. The van der Waals surface area contributed by atoms with Crippen LogP contribution in [0.2, 0.25) is 0 Å². The highest BCUT2D eigenvalue weighted by atomic mass is 35.5. The van der Waals surface area contributed by atoms with Crippen molar-refractivity contribution in [2.24, 2.45) is 0 Å². The van der Waals surface area contributed by atoms with E-state index < -0.39 is 0 Å². The Morgan fingerprint density at radius 3 is 2.91 bits per heavy atom. The van der Waals surface area contributed by atoms with E-state index in [2.05, 4.69) is 47.0 Å². The lowest BCUT2D eigenvalue weighted by Gasteiger charge is -2.29. The second-order valence-electron chi connectivity index (χ2n) is 6.30. The quantitative estimate of drug-likeness (QED) is 0.743. The number of rotatable bonds is 6. The molecule has 1 heterocycles. The first-order valence-corrected chi connectivity index (χ1v) is 9.07. The van der Waals surface area contributed by atoms with Crippen molar-refractivity contribution in [2.75, 3.05) is 27.2 Å². The predicted octanol–water partition coefficient (Wildman–Crippen LogP) is 4.77. The maximum atomic E-state index is 5.37. The molecule has 126 valence electrons. The zero-order valence-corrected chi connectivity index (χ0v) is 15.6. The molecule has 0 spiro atoms. The monoisotopic (exact) mass is 351 g/mol. The molecule has 1 aliphatic rings. The third-order valence-corrected chi connectivity index (χ3v) is 5.42. The van der Waals surface area contributed by atoms with E-state index in [1.807, 2.05) is 0 Å². The second-order valence-corrected chi connectivity index (χ2v) is 7.08. The molecule has 1 aliphatic carbocycles. The highest BCUT2D eigenvalue weighted by Crippen LogP contribution is 2.34. The van der Waals surface area contributed by atoms with E-state index in [0.717, 1.165) is 25.3 Å². The van der Waals surface area contributed by atoms with Crippen molar-refractivity contribution in [1.82, 2.24) is 4.90 Å². The molecule has 1 aromatic heterocycles. The molecule has 0 saturated heterocycles. The molecule has 0 amide bonds. The molecule has 0 radical (unpaired) electrons. The molecule has 1 unspecified atom stereocenters. The molecule has 1 aromatic carbocycles. The van der Waals surface area contributed by atoms with Gasteiger partial charge in [0.2, 0.25) is 0 Å².